The van der Waals surface area contributed by atoms with Gasteiger partial charge in [-0.1, -0.05) is 212 Å². The maximum atomic E-state index is 13.2. The van der Waals surface area contributed by atoms with Crippen LogP contribution in [0.15, 0.2) is 24.3 Å². The molecule has 8 N–H and O–H groups in total. The molecule has 1 saturated heterocycles. The van der Waals surface area contributed by atoms with E-state index >= 15 is 0 Å². The second kappa shape index (κ2) is 44.8. The highest BCUT2D eigenvalue weighted by Crippen LogP contribution is 2.23. The molecule has 0 aromatic rings. The molecule has 0 aromatic heterocycles. The molecular formula is C55H105NO10. The van der Waals surface area contributed by atoms with Crippen LogP contribution in [0.4, 0.5) is 0 Å². The van der Waals surface area contributed by atoms with E-state index in [1.165, 1.54) is 154 Å². The van der Waals surface area contributed by atoms with E-state index in [-0.39, 0.29) is 12.8 Å². The van der Waals surface area contributed by atoms with Gasteiger partial charge in [0.25, 0.3) is 0 Å². The van der Waals surface area contributed by atoms with Crippen LogP contribution in [0.5, 0.6) is 0 Å². The van der Waals surface area contributed by atoms with Crippen LogP contribution in [0.25, 0.3) is 0 Å². The number of nitrogens with one attached hydrogen (secondary N) is 1. The number of ether oxygens (including phenoxy) is 2. The third-order valence-electron chi connectivity index (χ3n) is 13.5. The zero-order valence-corrected chi connectivity index (χ0v) is 42.4. The largest absolute Gasteiger partial charge is 0.394 e. The summed E-state index contributed by atoms with van der Waals surface area (Å²) in [4.78, 5) is 13.2. The monoisotopic (exact) mass is 940 g/mol. The molecule has 1 aliphatic heterocycles. The Kier molecular flexibility index (Phi) is 42.5. The quantitative estimate of drug-likeness (QED) is 0.0215. The minimum Gasteiger partial charge on any atom is -0.394 e. The van der Waals surface area contributed by atoms with Gasteiger partial charge in [-0.05, 0) is 64.2 Å². The Bertz CT molecular complexity index is 1120. The molecule has 390 valence electrons. The molecule has 9 atom stereocenters. The number of amides is 1. The summed E-state index contributed by atoms with van der Waals surface area (Å²) in [6, 6.07) is -1.19. The molecule has 1 aliphatic rings. The molecule has 1 amide bonds. The second-order valence-corrected chi connectivity index (χ2v) is 19.6. The zero-order chi connectivity index (χ0) is 48.3. The van der Waals surface area contributed by atoms with Gasteiger partial charge < -0.3 is 50.5 Å². The van der Waals surface area contributed by atoms with Crippen molar-refractivity contribution in [1.82, 2.24) is 5.32 Å². The molecule has 9 unspecified atom stereocenters. The van der Waals surface area contributed by atoms with E-state index in [1.54, 1.807) is 0 Å². The van der Waals surface area contributed by atoms with Crippen molar-refractivity contribution in [1.29, 1.82) is 0 Å². The van der Waals surface area contributed by atoms with Crippen molar-refractivity contribution in [2.75, 3.05) is 13.2 Å². The maximum absolute atomic E-state index is 13.2. The van der Waals surface area contributed by atoms with Crippen molar-refractivity contribution in [3.63, 3.8) is 0 Å². The molecule has 1 fully saturated rings. The fourth-order valence-electron chi connectivity index (χ4n) is 8.91. The first-order valence-corrected chi connectivity index (χ1v) is 27.7. The normalized spacial score (nSPS) is 20.9. The average Bonchev–Trinajstić information content (AvgIpc) is 3.32. The number of aliphatic hydroxyl groups is 7. The first-order chi connectivity index (χ1) is 32.2. The summed E-state index contributed by atoms with van der Waals surface area (Å²) in [7, 11) is 0. The van der Waals surface area contributed by atoms with E-state index < -0.39 is 74.2 Å². The van der Waals surface area contributed by atoms with Gasteiger partial charge in [0.15, 0.2) is 6.29 Å². The van der Waals surface area contributed by atoms with Crippen molar-refractivity contribution < 1.29 is 50.0 Å². The minimum absolute atomic E-state index is 0.248. The van der Waals surface area contributed by atoms with E-state index in [1.807, 2.05) is 0 Å². The van der Waals surface area contributed by atoms with Crippen molar-refractivity contribution in [2.45, 2.75) is 306 Å². The first kappa shape index (κ1) is 62.6. The van der Waals surface area contributed by atoms with Crippen molar-refractivity contribution in [3.8, 4) is 0 Å². The van der Waals surface area contributed by atoms with Gasteiger partial charge in [-0.25, -0.2) is 0 Å². The molecule has 0 aliphatic carbocycles. The molecule has 11 nitrogen and oxygen atoms in total. The van der Waals surface area contributed by atoms with Crippen molar-refractivity contribution in [3.05, 3.63) is 24.3 Å². The third-order valence-corrected chi connectivity index (χ3v) is 13.5. The highest BCUT2D eigenvalue weighted by Gasteiger charge is 2.44. The summed E-state index contributed by atoms with van der Waals surface area (Å²) >= 11 is 0. The highest BCUT2D eigenvalue weighted by atomic mass is 16.7. The van der Waals surface area contributed by atoms with Crippen molar-refractivity contribution in [2.24, 2.45) is 0 Å². The highest BCUT2D eigenvalue weighted by molar-refractivity contribution is 5.80. The fourth-order valence-corrected chi connectivity index (χ4v) is 8.91. The lowest BCUT2D eigenvalue weighted by Crippen LogP contribution is -2.60. The van der Waals surface area contributed by atoms with Crippen LogP contribution in [0.2, 0.25) is 0 Å². The van der Waals surface area contributed by atoms with Gasteiger partial charge in [-0.2, -0.15) is 0 Å². The van der Waals surface area contributed by atoms with Gasteiger partial charge in [-0.3, -0.25) is 4.79 Å². The topological polar surface area (TPSA) is 189 Å². The number of hydrogen-bond acceptors (Lipinski definition) is 10. The van der Waals surface area contributed by atoms with Crippen LogP contribution in [0.3, 0.4) is 0 Å². The number of carbonyl (C=O) groups is 1. The molecule has 0 radical (unpaired) electrons. The number of unbranched alkanes of at least 4 members (excludes halogenated alkanes) is 31. The van der Waals surface area contributed by atoms with Gasteiger partial charge >= 0.3 is 0 Å². The van der Waals surface area contributed by atoms with E-state index in [0.29, 0.717) is 12.8 Å². The van der Waals surface area contributed by atoms with E-state index in [9.17, 15) is 40.5 Å². The fraction of sp³-hybridized carbons (Fsp3) is 0.909. The van der Waals surface area contributed by atoms with Gasteiger partial charge in [0.2, 0.25) is 5.91 Å². The number of rotatable bonds is 47. The van der Waals surface area contributed by atoms with Crippen LogP contribution in [0, 0.1) is 0 Å². The molecular weight excluding hydrogens is 835 g/mol. The molecule has 0 spiro atoms. The first-order valence-electron chi connectivity index (χ1n) is 27.7. The van der Waals surface area contributed by atoms with Crippen LogP contribution in [0.1, 0.15) is 251 Å². The molecule has 0 saturated carbocycles. The number of hydrogen-bond donors (Lipinski definition) is 8. The predicted molar refractivity (Wildman–Crippen MR) is 270 cm³/mol. The summed E-state index contributed by atoms with van der Waals surface area (Å²) in [5.74, 6) is -0.709. The summed E-state index contributed by atoms with van der Waals surface area (Å²) in [5.41, 5.74) is 0. The number of aliphatic hydroxyl groups excluding tert-OH is 7. The molecule has 0 bridgehead atoms. The Morgan fingerprint density at radius 2 is 0.894 bits per heavy atom. The Hall–Kier alpha value is -1.41. The van der Waals surface area contributed by atoms with E-state index in [4.69, 9.17) is 9.47 Å². The van der Waals surface area contributed by atoms with E-state index in [0.717, 1.165) is 57.8 Å². The Labute approximate surface area is 404 Å². The van der Waals surface area contributed by atoms with Crippen LogP contribution in [-0.2, 0) is 14.3 Å². The molecule has 1 rings (SSSR count). The van der Waals surface area contributed by atoms with Crippen LogP contribution < -0.4 is 5.32 Å². The predicted octanol–water partition coefficient (Wildman–Crippen LogP) is 11.0. The summed E-state index contributed by atoms with van der Waals surface area (Å²) < 4.78 is 11.1. The second-order valence-electron chi connectivity index (χ2n) is 19.6. The number of carbonyl (C=O) groups excluding carboxylic acids is 1. The Morgan fingerprint density at radius 1 is 0.515 bits per heavy atom. The van der Waals surface area contributed by atoms with Crippen LogP contribution in [-0.4, -0.2) is 110 Å². The van der Waals surface area contributed by atoms with Crippen LogP contribution >= 0.6 is 0 Å². The lowest BCUT2D eigenvalue weighted by atomic mass is 9.98. The summed E-state index contributed by atoms with van der Waals surface area (Å²) in [6.45, 7) is 3.46. The molecule has 0 aromatic carbocycles. The summed E-state index contributed by atoms with van der Waals surface area (Å²) in [6.07, 6.45) is 40.8. The minimum atomic E-state index is -1.67. The summed E-state index contributed by atoms with van der Waals surface area (Å²) in [5, 5.41) is 76.0. The van der Waals surface area contributed by atoms with Gasteiger partial charge in [-0.15, -0.1) is 0 Å². The zero-order valence-electron chi connectivity index (χ0n) is 42.4. The smallest absolute Gasteiger partial charge is 0.249 e. The maximum Gasteiger partial charge on any atom is 0.249 e. The molecule has 11 heteroatoms. The third kappa shape index (κ3) is 33.2. The van der Waals surface area contributed by atoms with Crippen molar-refractivity contribution >= 4 is 5.91 Å². The Morgan fingerprint density at radius 3 is 1.30 bits per heavy atom. The standard InChI is InChI=1S/C55H105NO10/c1-3-5-7-9-11-13-15-17-19-21-23-24-25-27-29-31-33-35-37-39-41-43-48(59)54(64)56-46(45-65-55-53(63)52(62)51(61)49(44-57)66-55)50(60)47(58)42-40-38-36-34-32-30-28-26-22-20-18-16-14-12-10-8-6-4-2/h25,27,34,36,46-53,55,57-63H,3-24,26,28-33,35,37-45H2,1-2H3,(H,56,64)/b27-25-,36-34+. The lowest BCUT2D eigenvalue weighted by Gasteiger charge is -2.40. The number of allylic oxidation sites excluding steroid dienone is 4. The SMILES string of the molecule is CCCCCCCCCCCCC/C=C\CCCCCCCCC(O)C(=O)NC(COC1OC(CO)C(O)C(O)C1O)C(O)C(O)CCC/C=C/CCCCCCCCCCCCCCC. The lowest BCUT2D eigenvalue weighted by molar-refractivity contribution is -0.303. The van der Waals surface area contributed by atoms with Gasteiger partial charge in [0, 0.05) is 0 Å². The van der Waals surface area contributed by atoms with Gasteiger partial charge in [0.05, 0.1) is 25.4 Å². The average molecular weight is 940 g/mol. The molecule has 66 heavy (non-hydrogen) atoms. The Balaban J connectivity index is 2.37. The molecule has 1 heterocycles. The van der Waals surface area contributed by atoms with Gasteiger partial charge in [0.1, 0.15) is 36.6 Å². The van der Waals surface area contributed by atoms with E-state index in [2.05, 4.69) is 43.5 Å².